The first-order chi connectivity index (χ1) is 9.29. The maximum atomic E-state index is 10.1. The molecule has 0 aliphatic carbocycles. The summed E-state index contributed by atoms with van der Waals surface area (Å²) in [5.41, 5.74) is 2.61. The molecule has 1 radical (unpaired) electrons. The number of hydrogen-bond acceptors (Lipinski definition) is 2. The van der Waals surface area contributed by atoms with Gasteiger partial charge in [-0.3, -0.25) is 4.79 Å². The summed E-state index contributed by atoms with van der Waals surface area (Å²) >= 11 is 0. The molecule has 2 heteroatoms. The topological polar surface area (TPSA) is 26.3 Å². The van der Waals surface area contributed by atoms with Crippen molar-refractivity contribution >= 4 is 6.29 Å². The fourth-order valence-electron chi connectivity index (χ4n) is 2.09. The summed E-state index contributed by atoms with van der Waals surface area (Å²) in [6.45, 7) is 2.20. The number of rotatable bonds is 6. The van der Waals surface area contributed by atoms with Crippen LogP contribution in [0.2, 0.25) is 0 Å². The minimum Gasteiger partial charge on any atom is -0.485 e. The van der Waals surface area contributed by atoms with E-state index in [0.717, 1.165) is 6.42 Å². The van der Waals surface area contributed by atoms with Crippen LogP contribution in [0.1, 0.15) is 24.0 Å². The highest BCUT2D eigenvalue weighted by molar-refractivity contribution is 5.52. The van der Waals surface area contributed by atoms with Crippen molar-refractivity contribution in [2.45, 2.75) is 19.3 Å². The van der Waals surface area contributed by atoms with Gasteiger partial charge in [-0.2, -0.15) is 0 Å². The van der Waals surface area contributed by atoms with Gasteiger partial charge in [0.2, 0.25) is 6.29 Å². The van der Waals surface area contributed by atoms with Gasteiger partial charge >= 0.3 is 0 Å². The lowest BCUT2D eigenvalue weighted by Gasteiger charge is -2.12. The summed E-state index contributed by atoms with van der Waals surface area (Å²) in [5.74, 6) is 1.16. The van der Waals surface area contributed by atoms with Gasteiger partial charge in [0.15, 0.2) is 6.61 Å². The Balaban J connectivity index is 1.99. The molecule has 0 aliphatic heterocycles. The molecule has 19 heavy (non-hydrogen) atoms. The van der Waals surface area contributed by atoms with Gasteiger partial charge in [0, 0.05) is 0 Å². The van der Waals surface area contributed by atoms with Crippen molar-refractivity contribution in [3.05, 3.63) is 65.7 Å². The van der Waals surface area contributed by atoms with Crippen molar-refractivity contribution in [3.63, 3.8) is 0 Å². The van der Waals surface area contributed by atoms with E-state index in [1.54, 1.807) is 6.29 Å². The molecule has 0 saturated carbocycles. The zero-order chi connectivity index (χ0) is 13.5. The summed E-state index contributed by atoms with van der Waals surface area (Å²) in [5, 5.41) is 0. The van der Waals surface area contributed by atoms with Crippen LogP contribution < -0.4 is 4.74 Å². The van der Waals surface area contributed by atoms with E-state index in [0.29, 0.717) is 11.7 Å². The van der Waals surface area contributed by atoms with Crippen molar-refractivity contribution in [2.75, 3.05) is 6.61 Å². The van der Waals surface area contributed by atoms with Gasteiger partial charge in [-0.15, -0.1) is 0 Å². The number of hydrogen-bond donors (Lipinski definition) is 0. The van der Waals surface area contributed by atoms with Crippen molar-refractivity contribution in [2.24, 2.45) is 0 Å². The fraction of sp³-hybridized carbons (Fsp3) is 0.235. The maximum absolute atomic E-state index is 10.1. The third kappa shape index (κ3) is 3.95. The third-order valence-electron chi connectivity index (χ3n) is 3.13. The van der Waals surface area contributed by atoms with Crippen molar-refractivity contribution in [1.29, 1.82) is 0 Å². The van der Waals surface area contributed by atoms with Gasteiger partial charge in [-0.25, -0.2) is 0 Å². The predicted molar refractivity (Wildman–Crippen MR) is 76.2 cm³/mol. The minimum absolute atomic E-state index is 0.0150. The zero-order valence-electron chi connectivity index (χ0n) is 11.0. The molecule has 0 fully saturated rings. The molecule has 1 unspecified atom stereocenters. The van der Waals surface area contributed by atoms with Gasteiger partial charge < -0.3 is 4.74 Å². The Kier molecular flexibility index (Phi) is 4.73. The van der Waals surface area contributed by atoms with E-state index in [-0.39, 0.29) is 6.61 Å². The second kappa shape index (κ2) is 6.74. The second-order valence-corrected chi connectivity index (χ2v) is 4.59. The summed E-state index contributed by atoms with van der Waals surface area (Å²) in [6.07, 6.45) is 2.73. The summed E-state index contributed by atoms with van der Waals surface area (Å²) < 4.78 is 5.18. The van der Waals surface area contributed by atoms with E-state index in [1.165, 1.54) is 11.1 Å². The Labute approximate surface area is 114 Å². The van der Waals surface area contributed by atoms with Crippen LogP contribution >= 0.6 is 0 Å². The van der Waals surface area contributed by atoms with Crippen LogP contribution in [-0.2, 0) is 11.2 Å². The molecule has 0 amide bonds. The van der Waals surface area contributed by atoms with Crippen LogP contribution in [0.4, 0.5) is 0 Å². The van der Waals surface area contributed by atoms with Crippen molar-refractivity contribution in [1.82, 2.24) is 0 Å². The van der Waals surface area contributed by atoms with E-state index in [2.05, 4.69) is 31.2 Å². The lowest BCUT2D eigenvalue weighted by molar-refractivity contribution is 0.365. The molecule has 2 rings (SSSR count). The highest BCUT2D eigenvalue weighted by Crippen LogP contribution is 2.22. The van der Waals surface area contributed by atoms with Gasteiger partial charge in [-0.1, -0.05) is 49.4 Å². The monoisotopic (exact) mass is 253 g/mol. The molecule has 0 N–H and O–H groups in total. The van der Waals surface area contributed by atoms with E-state index in [9.17, 15) is 4.79 Å². The average molecular weight is 253 g/mol. The van der Waals surface area contributed by atoms with Gasteiger partial charge in [-0.05, 0) is 35.6 Å². The van der Waals surface area contributed by atoms with E-state index >= 15 is 0 Å². The fourth-order valence-corrected chi connectivity index (χ4v) is 2.09. The van der Waals surface area contributed by atoms with Gasteiger partial charge in [0.05, 0.1) is 0 Å². The highest BCUT2D eigenvalue weighted by atomic mass is 16.5. The first kappa shape index (κ1) is 13.3. The maximum Gasteiger partial charge on any atom is 0.239 e. The zero-order valence-corrected chi connectivity index (χ0v) is 11.0. The molecular formula is C17H17O2. The SMILES string of the molecule is CC(Cc1ccccc1)c1ccc(OC[C]=O)cc1. The van der Waals surface area contributed by atoms with Crippen LogP contribution in [0.5, 0.6) is 5.75 Å². The van der Waals surface area contributed by atoms with E-state index in [4.69, 9.17) is 4.74 Å². The van der Waals surface area contributed by atoms with Crippen LogP contribution in [0.3, 0.4) is 0 Å². The Hall–Kier alpha value is -2.09. The van der Waals surface area contributed by atoms with Gasteiger partial charge in [0.25, 0.3) is 0 Å². The highest BCUT2D eigenvalue weighted by Gasteiger charge is 2.06. The number of benzene rings is 2. The van der Waals surface area contributed by atoms with Crippen LogP contribution in [0, 0.1) is 0 Å². The van der Waals surface area contributed by atoms with Crippen molar-refractivity contribution in [3.8, 4) is 5.75 Å². The molecule has 0 saturated heterocycles. The Bertz CT molecular complexity index is 503. The molecular weight excluding hydrogens is 236 g/mol. The van der Waals surface area contributed by atoms with Crippen molar-refractivity contribution < 1.29 is 9.53 Å². The minimum atomic E-state index is -0.0150. The standard InChI is InChI=1S/C17H17O2/c1-14(13-15-5-3-2-4-6-15)16-7-9-17(10-8-16)19-12-11-18/h2-10,14H,12-13H2,1H3. The second-order valence-electron chi connectivity index (χ2n) is 4.59. The molecule has 0 bridgehead atoms. The normalized spacial score (nSPS) is 11.8. The number of ether oxygens (including phenoxy) is 1. The predicted octanol–water partition coefficient (Wildman–Crippen LogP) is 3.52. The summed E-state index contributed by atoms with van der Waals surface area (Å²) in [4.78, 5) is 10.1. The molecule has 2 aromatic carbocycles. The Morgan fingerprint density at radius 2 is 1.74 bits per heavy atom. The lowest BCUT2D eigenvalue weighted by Crippen LogP contribution is -2.00. The van der Waals surface area contributed by atoms with Crippen LogP contribution in [0.25, 0.3) is 0 Å². The molecule has 0 spiro atoms. The molecule has 0 heterocycles. The van der Waals surface area contributed by atoms with Crippen LogP contribution in [-0.4, -0.2) is 12.9 Å². The summed E-state index contributed by atoms with van der Waals surface area (Å²) in [7, 11) is 0. The molecule has 2 nitrogen and oxygen atoms in total. The number of carbonyl (C=O) groups excluding carboxylic acids is 1. The lowest BCUT2D eigenvalue weighted by atomic mass is 9.94. The van der Waals surface area contributed by atoms with Gasteiger partial charge in [0.1, 0.15) is 5.75 Å². The molecule has 97 valence electrons. The smallest absolute Gasteiger partial charge is 0.239 e. The largest absolute Gasteiger partial charge is 0.485 e. The van der Waals surface area contributed by atoms with E-state index in [1.807, 2.05) is 30.3 Å². The Morgan fingerprint density at radius 1 is 1.05 bits per heavy atom. The van der Waals surface area contributed by atoms with Crippen LogP contribution in [0.15, 0.2) is 54.6 Å². The molecule has 0 aromatic heterocycles. The molecule has 1 atom stereocenters. The first-order valence-corrected chi connectivity index (χ1v) is 6.41. The molecule has 2 aromatic rings. The summed E-state index contributed by atoms with van der Waals surface area (Å²) in [6, 6.07) is 18.3. The van der Waals surface area contributed by atoms with E-state index < -0.39 is 0 Å². The quantitative estimate of drug-likeness (QED) is 0.787. The average Bonchev–Trinajstić information content (AvgIpc) is 2.46. The first-order valence-electron chi connectivity index (χ1n) is 6.41. The Morgan fingerprint density at radius 3 is 2.37 bits per heavy atom. The molecule has 0 aliphatic rings. The third-order valence-corrected chi connectivity index (χ3v) is 3.13.